The van der Waals surface area contributed by atoms with Crippen LogP contribution < -0.4 is 5.73 Å². The van der Waals surface area contributed by atoms with Gasteiger partial charge in [-0.25, -0.2) is 4.98 Å². The van der Waals surface area contributed by atoms with E-state index in [1.165, 1.54) is 0 Å². The number of nitrogens with zero attached hydrogens (tertiary/aromatic N) is 3. The summed E-state index contributed by atoms with van der Waals surface area (Å²) >= 11 is 0. The Morgan fingerprint density at radius 2 is 1.90 bits per heavy atom. The molecular weight excluding hydrogens is 248 g/mol. The number of aromatic nitrogens is 3. The van der Waals surface area contributed by atoms with Crippen LogP contribution in [0.5, 0.6) is 0 Å². The second kappa shape index (κ2) is 4.93. The van der Waals surface area contributed by atoms with Crippen LogP contribution in [0.15, 0.2) is 18.5 Å². The summed E-state index contributed by atoms with van der Waals surface area (Å²) in [4.78, 5) is 9.01. The first-order valence-electron chi connectivity index (χ1n) is 7.03. The fraction of sp³-hybridized carbons (Fsp3) is 0.500. The molecule has 0 saturated heterocycles. The number of hydrogen-bond donors (Lipinski definition) is 1. The van der Waals surface area contributed by atoms with E-state index in [4.69, 9.17) is 10.7 Å². The third-order valence-electron chi connectivity index (χ3n) is 3.42. The van der Waals surface area contributed by atoms with Gasteiger partial charge in [-0.1, -0.05) is 13.8 Å². The monoisotopic (exact) mass is 272 g/mol. The molecule has 2 aromatic heterocycles. The minimum Gasteiger partial charge on any atom is -0.383 e. The average Bonchev–Trinajstić information content (AvgIpc) is 2.67. The summed E-state index contributed by atoms with van der Waals surface area (Å²) in [5, 5.41) is 0. The highest BCUT2D eigenvalue weighted by molar-refractivity contribution is 5.73. The molecule has 0 saturated carbocycles. The predicted molar refractivity (Wildman–Crippen MR) is 83.7 cm³/mol. The number of hydrogen-bond acceptors (Lipinski definition) is 3. The zero-order valence-corrected chi connectivity index (χ0v) is 13.2. The van der Waals surface area contributed by atoms with E-state index in [1.54, 1.807) is 6.20 Å². The molecule has 0 unspecified atom stereocenters. The van der Waals surface area contributed by atoms with Crippen LogP contribution in [0.3, 0.4) is 0 Å². The van der Waals surface area contributed by atoms with Crippen molar-refractivity contribution in [3.05, 3.63) is 29.8 Å². The Morgan fingerprint density at radius 1 is 1.25 bits per heavy atom. The highest BCUT2D eigenvalue weighted by Gasteiger charge is 2.26. The van der Waals surface area contributed by atoms with E-state index in [9.17, 15) is 0 Å². The van der Waals surface area contributed by atoms with Crippen molar-refractivity contribution < 1.29 is 0 Å². The van der Waals surface area contributed by atoms with Gasteiger partial charge in [-0.15, -0.1) is 0 Å². The van der Waals surface area contributed by atoms with E-state index in [2.05, 4.69) is 51.1 Å². The molecule has 2 aromatic rings. The zero-order valence-electron chi connectivity index (χ0n) is 13.2. The normalized spacial score (nSPS) is 12.2. The van der Waals surface area contributed by atoms with Crippen molar-refractivity contribution >= 4 is 5.82 Å². The van der Waals surface area contributed by atoms with Crippen molar-refractivity contribution in [3.63, 3.8) is 0 Å². The van der Waals surface area contributed by atoms with Crippen molar-refractivity contribution in [1.82, 2.24) is 14.5 Å². The first-order chi connectivity index (χ1) is 9.23. The van der Waals surface area contributed by atoms with Crippen LogP contribution >= 0.6 is 0 Å². The molecule has 0 atom stereocenters. The third kappa shape index (κ3) is 2.42. The second-order valence-corrected chi connectivity index (χ2v) is 6.56. The van der Waals surface area contributed by atoms with Crippen LogP contribution in [-0.2, 0) is 5.54 Å². The lowest BCUT2D eigenvalue weighted by Gasteiger charge is -2.26. The number of nitrogens with two attached hydrogens (primary N) is 1. The van der Waals surface area contributed by atoms with Gasteiger partial charge in [-0.05, 0) is 39.3 Å². The molecule has 0 fully saturated rings. The molecule has 0 amide bonds. The Kier molecular flexibility index (Phi) is 3.59. The summed E-state index contributed by atoms with van der Waals surface area (Å²) in [6, 6.07) is 1.99. The van der Waals surface area contributed by atoms with Crippen LogP contribution in [-0.4, -0.2) is 14.5 Å². The summed E-state index contributed by atoms with van der Waals surface area (Å²) in [6.45, 7) is 12.8. The van der Waals surface area contributed by atoms with Crippen molar-refractivity contribution in [2.24, 2.45) is 0 Å². The highest BCUT2D eigenvalue weighted by atomic mass is 15.2. The fourth-order valence-corrected chi connectivity index (χ4v) is 2.45. The molecule has 20 heavy (non-hydrogen) atoms. The lowest BCUT2D eigenvalue weighted by atomic mass is 10.1. The Morgan fingerprint density at radius 3 is 2.35 bits per heavy atom. The molecule has 2 rings (SSSR count). The molecule has 2 heterocycles. The summed E-state index contributed by atoms with van der Waals surface area (Å²) in [7, 11) is 0. The van der Waals surface area contributed by atoms with Crippen molar-refractivity contribution in [3.8, 4) is 11.3 Å². The van der Waals surface area contributed by atoms with E-state index in [-0.39, 0.29) is 5.54 Å². The van der Waals surface area contributed by atoms with Crippen LogP contribution in [0.25, 0.3) is 11.3 Å². The number of nitrogen functional groups attached to an aromatic ring is 1. The highest BCUT2D eigenvalue weighted by Crippen LogP contribution is 2.34. The molecule has 0 radical (unpaired) electrons. The minimum absolute atomic E-state index is 0.0922. The van der Waals surface area contributed by atoms with Crippen molar-refractivity contribution in [2.75, 3.05) is 5.73 Å². The predicted octanol–water partition coefficient (Wildman–Crippen LogP) is 3.71. The van der Waals surface area contributed by atoms with Gasteiger partial charge in [0.1, 0.15) is 17.3 Å². The molecule has 0 aromatic carbocycles. The smallest absolute Gasteiger partial charge is 0.132 e. The van der Waals surface area contributed by atoms with Crippen LogP contribution in [0.2, 0.25) is 0 Å². The topological polar surface area (TPSA) is 56.7 Å². The summed E-state index contributed by atoms with van der Waals surface area (Å²) in [5.74, 6) is 2.06. The lowest BCUT2D eigenvalue weighted by Crippen LogP contribution is -2.26. The summed E-state index contributed by atoms with van der Waals surface area (Å²) in [5.41, 5.74) is 9.30. The Bertz CT molecular complexity index is 618. The molecule has 0 aliphatic rings. The van der Waals surface area contributed by atoms with Gasteiger partial charge < -0.3 is 10.3 Å². The SMILES string of the molecule is Cc1ccncc1-c1nc(C(C)C)n(C(C)(C)C)c1N. The van der Waals surface area contributed by atoms with Gasteiger partial charge in [-0.2, -0.15) is 0 Å². The zero-order chi connectivity index (χ0) is 15.1. The summed E-state index contributed by atoms with van der Waals surface area (Å²) in [6.07, 6.45) is 3.63. The molecule has 0 aliphatic carbocycles. The number of aryl methyl sites for hydroxylation is 1. The van der Waals surface area contributed by atoms with Crippen molar-refractivity contribution in [1.29, 1.82) is 0 Å². The largest absolute Gasteiger partial charge is 0.383 e. The molecule has 0 spiro atoms. The minimum atomic E-state index is -0.0922. The van der Waals surface area contributed by atoms with Gasteiger partial charge >= 0.3 is 0 Å². The number of pyridine rings is 1. The summed E-state index contributed by atoms with van der Waals surface area (Å²) < 4.78 is 2.14. The molecule has 0 aliphatic heterocycles. The first-order valence-corrected chi connectivity index (χ1v) is 7.03. The third-order valence-corrected chi connectivity index (χ3v) is 3.42. The molecule has 4 nitrogen and oxygen atoms in total. The average molecular weight is 272 g/mol. The maximum atomic E-state index is 6.40. The van der Waals surface area contributed by atoms with Gasteiger partial charge in [-0.3, -0.25) is 4.98 Å². The molecule has 0 bridgehead atoms. The number of imidazole rings is 1. The quantitative estimate of drug-likeness (QED) is 0.906. The molecule has 108 valence electrons. The van der Waals surface area contributed by atoms with Crippen LogP contribution in [0, 0.1) is 6.92 Å². The lowest BCUT2D eigenvalue weighted by molar-refractivity contribution is 0.382. The van der Waals surface area contributed by atoms with Crippen LogP contribution in [0.1, 0.15) is 51.9 Å². The Labute approximate surface area is 121 Å². The fourth-order valence-electron chi connectivity index (χ4n) is 2.45. The van der Waals surface area contributed by atoms with E-state index in [1.807, 2.05) is 12.3 Å². The second-order valence-electron chi connectivity index (χ2n) is 6.56. The first kappa shape index (κ1) is 14.6. The molecular formula is C16H24N4. The van der Waals surface area contributed by atoms with E-state index >= 15 is 0 Å². The van der Waals surface area contributed by atoms with E-state index < -0.39 is 0 Å². The van der Waals surface area contributed by atoms with E-state index in [0.717, 1.165) is 28.5 Å². The molecule has 4 heteroatoms. The Balaban J connectivity index is 2.72. The van der Waals surface area contributed by atoms with Crippen LogP contribution in [0.4, 0.5) is 5.82 Å². The van der Waals surface area contributed by atoms with Gasteiger partial charge in [0.2, 0.25) is 0 Å². The van der Waals surface area contributed by atoms with E-state index in [0.29, 0.717) is 5.92 Å². The van der Waals surface area contributed by atoms with Gasteiger partial charge in [0.05, 0.1) is 0 Å². The number of rotatable bonds is 2. The van der Waals surface area contributed by atoms with Gasteiger partial charge in [0, 0.05) is 29.4 Å². The molecule has 2 N–H and O–H groups in total. The van der Waals surface area contributed by atoms with Crippen molar-refractivity contribution in [2.45, 2.75) is 53.0 Å². The van der Waals surface area contributed by atoms with Gasteiger partial charge in [0.15, 0.2) is 0 Å². The maximum absolute atomic E-state index is 6.40. The standard InChI is InChI=1S/C16H24N4/c1-10(2)15-19-13(12-9-18-8-7-11(12)3)14(17)20(15)16(4,5)6/h7-10H,17H2,1-6H3. The maximum Gasteiger partial charge on any atom is 0.132 e. The van der Waals surface area contributed by atoms with Gasteiger partial charge in [0.25, 0.3) is 0 Å². The Hall–Kier alpha value is -1.84. The number of anilines is 1.